The molecule has 2 nitrogen and oxygen atoms in total. The third-order valence-electron chi connectivity index (χ3n) is 3.15. The maximum atomic E-state index is 13.8. The van der Waals surface area contributed by atoms with E-state index in [1.807, 2.05) is 41.1 Å². The molecule has 0 bridgehead atoms. The minimum atomic E-state index is -0.202. The highest BCUT2D eigenvalue weighted by Gasteiger charge is 2.06. The molecular formula is C15H12BrFN2. The Balaban J connectivity index is 2.01. The Morgan fingerprint density at radius 3 is 2.74 bits per heavy atom. The first-order valence-corrected chi connectivity index (χ1v) is 6.71. The number of nitrogens with zero attached hydrogens (tertiary/aromatic N) is 1. The number of hydrogen-bond acceptors (Lipinski definition) is 1. The summed E-state index contributed by atoms with van der Waals surface area (Å²) >= 11 is 3.26. The first-order chi connectivity index (χ1) is 9.13. The van der Waals surface area contributed by atoms with Gasteiger partial charge in [0.25, 0.3) is 0 Å². The monoisotopic (exact) mass is 318 g/mol. The van der Waals surface area contributed by atoms with Gasteiger partial charge in [-0.3, -0.25) is 0 Å². The number of anilines is 1. The lowest BCUT2D eigenvalue weighted by Crippen LogP contribution is -2.00. The quantitative estimate of drug-likeness (QED) is 0.706. The minimum absolute atomic E-state index is 0.202. The van der Waals surface area contributed by atoms with Crippen LogP contribution in [-0.2, 0) is 6.54 Å². The number of aromatic nitrogens is 1. The van der Waals surface area contributed by atoms with Crippen molar-refractivity contribution >= 4 is 32.5 Å². The molecule has 0 spiro atoms. The van der Waals surface area contributed by atoms with Gasteiger partial charge in [0.05, 0.1) is 6.54 Å². The number of nitrogens with two attached hydrogens (primary N) is 1. The van der Waals surface area contributed by atoms with E-state index in [0.717, 1.165) is 21.1 Å². The van der Waals surface area contributed by atoms with Crippen LogP contribution in [0.1, 0.15) is 5.56 Å². The zero-order chi connectivity index (χ0) is 13.4. The molecule has 0 aliphatic rings. The van der Waals surface area contributed by atoms with Crippen molar-refractivity contribution in [1.82, 2.24) is 4.57 Å². The van der Waals surface area contributed by atoms with Crippen molar-refractivity contribution in [1.29, 1.82) is 0 Å². The van der Waals surface area contributed by atoms with Crippen LogP contribution in [0.3, 0.4) is 0 Å². The first kappa shape index (κ1) is 12.2. The minimum Gasteiger partial charge on any atom is -0.399 e. The average Bonchev–Trinajstić information content (AvgIpc) is 2.75. The summed E-state index contributed by atoms with van der Waals surface area (Å²) in [4.78, 5) is 0. The van der Waals surface area contributed by atoms with Gasteiger partial charge in [-0.25, -0.2) is 4.39 Å². The molecule has 3 rings (SSSR count). The second kappa shape index (κ2) is 4.70. The highest BCUT2D eigenvalue weighted by molar-refractivity contribution is 9.10. The van der Waals surface area contributed by atoms with Crippen LogP contribution >= 0.6 is 15.9 Å². The molecule has 19 heavy (non-hydrogen) atoms. The predicted octanol–water partition coefficient (Wildman–Crippen LogP) is 4.17. The van der Waals surface area contributed by atoms with Gasteiger partial charge in [-0.2, -0.15) is 0 Å². The Bertz CT molecular complexity index is 749. The van der Waals surface area contributed by atoms with Crippen molar-refractivity contribution in [3.63, 3.8) is 0 Å². The van der Waals surface area contributed by atoms with Gasteiger partial charge in [0.15, 0.2) is 0 Å². The Labute approximate surface area is 118 Å². The van der Waals surface area contributed by atoms with E-state index in [9.17, 15) is 4.39 Å². The van der Waals surface area contributed by atoms with Crippen LogP contribution < -0.4 is 5.73 Å². The Hall–Kier alpha value is -1.81. The molecule has 0 saturated carbocycles. The Kier molecular flexibility index (Phi) is 3.03. The lowest BCUT2D eigenvalue weighted by molar-refractivity contribution is 0.601. The molecule has 1 aromatic heterocycles. The topological polar surface area (TPSA) is 30.9 Å². The summed E-state index contributed by atoms with van der Waals surface area (Å²) in [7, 11) is 0. The molecule has 1 heterocycles. The van der Waals surface area contributed by atoms with Gasteiger partial charge >= 0.3 is 0 Å². The molecule has 2 aromatic carbocycles. The van der Waals surface area contributed by atoms with Gasteiger partial charge in [-0.15, -0.1) is 0 Å². The molecule has 2 N–H and O–H groups in total. The maximum Gasteiger partial charge on any atom is 0.129 e. The summed E-state index contributed by atoms with van der Waals surface area (Å²) in [6.07, 6.45) is 1.95. The maximum absolute atomic E-state index is 13.8. The predicted molar refractivity (Wildman–Crippen MR) is 79.6 cm³/mol. The standard InChI is InChI=1S/C15H12BrFN2/c16-12-2-1-11(14(17)8-12)9-19-6-5-10-7-13(18)3-4-15(10)19/h1-8H,9,18H2. The number of fused-ring (bicyclic) bond motifs is 1. The van der Waals surface area contributed by atoms with Gasteiger partial charge in [-0.05, 0) is 36.4 Å². The molecule has 0 aliphatic heterocycles. The molecule has 0 fully saturated rings. The fourth-order valence-corrected chi connectivity index (χ4v) is 2.52. The van der Waals surface area contributed by atoms with Crippen LogP contribution in [0.25, 0.3) is 10.9 Å². The third kappa shape index (κ3) is 2.36. The molecular weight excluding hydrogens is 307 g/mol. The lowest BCUT2D eigenvalue weighted by atomic mass is 10.2. The van der Waals surface area contributed by atoms with Crippen LogP contribution in [0.2, 0.25) is 0 Å². The van der Waals surface area contributed by atoms with E-state index in [-0.39, 0.29) is 5.82 Å². The summed E-state index contributed by atoms with van der Waals surface area (Å²) < 4.78 is 16.6. The number of rotatable bonds is 2. The van der Waals surface area contributed by atoms with E-state index in [0.29, 0.717) is 12.1 Å². The fourth-order valence-electron chi connectivity index (χ4n) is 2.19. The van der Waals surface area contributed by atoms with Crippen molar-refractivity contribution in [2.45, 2.75) is 6.54 Å². The van der Waals surface area contributed by atoms with Gasteiger partial charge in [-0.1, -0.05) is 22.0 Å². The molecule has 3 aromatic rings. The van der Waals surface area contributed by atoms with E-state index < -0.39 is 0 Å². The van der Waals surface area contributed by atoms with Crippen molar-refractivity contribution in [2.24, 2.45) is 0 Å². The highest BCUT2D eigenvalue weighted by atomic mass is 79.9. The van der Waals surface area contributed by atoms with Gasteiger partial charge in [0.2, 0.25) is 0 Å². The number of benzene rings is 2. The molecule has 0 unspecified atom stereocenters. The molecule has 0 radical (unpaired) electrons. The average molecular weight is 319 g/mol. The zero-order valence-electron chi connectivity index (χ0n) is 10.1. The number of hydrogen-bond donors (Lipinski definition) is 1. The molecule has 0 aliphatic carbocycles. The van der Waals surface area contributed by atoms with Crippen LogP contribution in [0.15, 0.2) is 53.1 Å². The summed E-state index contributed by atoms with van der Waals surface area (Å²) in [5.41, 5.74) is 8.20. The zero-order valence-corrected chi connectivity index (χ0v) is 11.7. The van der Waals surface area contributed by atoms with Gasteiger partial charge in [0, 0.05) is 32.8 Å². The van der Waals surface area contributed by atoms with Gasteiger partial charge in [0.1, 0.15) is 5.82 Å². The number of halogens is 2. The van der Waals surface area contributed by atoms with Crippen molar-refractivity contribution in [2.75, 3.05) is 5.73 Å². The van der Waals surface area contributed by atoms with Crippen LogP contribution in [0, 0.1) is 5.82 Å². The summed E-state index contributed by atoms with van der Waals surface area (Å²) in [6.45, 7) is 0.506. The largest absolute Gasteiger partial charge is 0.399 e. The van der Waals surface area contributed by atoms with Crippen LogP contribution in [0.4, 0.5) is 10.1 Å². The molecule has 0 saturated heterocycles. The second-order valence-electron chi connectivity index (χ2n) is 4.50. The number of nitrogen functional groups attached to an aromatic ring is 1. The van der Waals surface area contributed by atoms with Crippen LogP contribution in [-0.4, -0.2) is 4.57 Å². The summed E-state index contributed by atoms with van der Waals surface area (Å²) in [6, 6.07) is 12.9. The smallest absolute Gasteiger partial charge is 0.129 e. The Morgan fingerprint density at radius 2 is 1.95 bits per heavy atom. The Morgan fingerprint density at radius 1 is 1.11 bits per heavy atom. The fraction of sp³-hybridized carbons (Fsp3) is 0.0667. The van der Waals surface area contributed by atoms with Crippen LogP contribution in [0.5, 0.6) is 0 Å². The molecule has 96 valence electrons. The molecule has 4 heteroatoms. The van der Waals surface area contributed by atoms with E-state index in [1.165, 1.54) is 6.07 Å². The van der Waals surface area contributed by atoms with Crippen molar-refractivity contribution < 1.29 is 4.39 Å². The summed E-state index contributed by atoms with van der Waals surface area (Å²) in [5, 5.41) is 1.07. The van der Waals surface area contributed by atoms with Crippen molar-refractivity contribution in [3.8, 4) is 0 Å². The lowest BCUT2D eigenvalue weighted by Gasteiger charge is -2.07. The third-order valence-corrected chi connectivity index (χ3v) is 3.64. The van der Waals surface area contributed by atoms with E-state index >= 15 is 0 Å². The second-order valence-corrected chi connectivity index (χ2v) is 5.41. The van der Waals surface area contributed by atoms with Gasteiger partial charge < -0.3 is 10.3 Å². The molecule has 0 amide bonds. The normalized spacial score (nSPS) is 11.1. The van der Waals surface area contributed by atoms with Crippen molar-refractivity contribution in [3.05, 3.63) is 64.5 Å². The van der Waals surface area contributed by atoms with E-state index in [2.05, 4.69) is 15.9 Å². The summed E-state index contributed by atoms with van der Waals surface area (Å²) in [5.74, 6) is -0.202. The highest BCUT2D eigenvalue weighted by Crippen LogP contribution is 2.22. The van der Waals surface area contributed by atoms with E-state index in [4.69, 9.17) is 5.73 Å². The SMILES string of the molecule is Nc1ccc2c(ccn2Cc2ccc(Br)cc2F)c1. The molecule has 0 atom stereocenters. The first-order valence-electron chi connectivity index (χ1n) is 5.92. The van der Waals surface area contributed by atoms with E-state index in [1.54, 1.807) is 6.07 Å².